The summed E-state index contributed by atoms with van der Waals surface area (Å²) in [7, 11) is 0. The van der Waals surface area contributed by atoms with E-state index in [4.69, 9.17) is 10.5 Å². The molecule has 2 rings (SSSR count). The number of benzene rings is 1. The second-order valence-electron chi connectivity index (χ2n) is 4.38. The van der Waals surface area contributed by atoms with Crippen molar-refractivity contribution in [1.29, 1.82) is 0 Å². The zero-order chi connectivity index (χ0) is 13.7. The molecule has 1 heterocycles. The third-order valence-corrected chi connectivity index (χ3v) is 2.96. The minimum absolute atomic E-state index is 0.602. The lowest BCUT2D eigenvalue weighted by atomic mass is 10.1. The summed E-state index contributed by atoms with van der Waals surface area (Å²) < 4.78 is 7.88. The lowest BCUT2D eigenvalue weighted by Crippen LogP contribution is -2.09. The van der Waals surface area contributed by atoms with Crippen molar-refractivity contribution in [3.8, 4) is 5.75 Å². The topological polar surface area (TPSA) is 53.1 Å². The molecule has 1 aromatic carbocycles. The normalized spacial score (nSPS) is 10.4. The predicted octanol–water partition coefficient (Wildman–Crippen LogP) is 2.58. The number of nitrogens with two attached hydrogens (primary N) is 1. The zero-order valence-corrected chi connectivity index (χ0v) is 11.2. The third kappa shape index (κ3) is 3.37. The van der Waals surface area contributed by atoms with E-state index < -0.39 is 0 Å². The van der Waals surface area contributed by atoms with Gasteiger partial charge in [0.05, 0.1) is 6.54 Å². The summed E-state index contributed by atoms with van der Waals surface area (Å²) in [4.78, 5) is 4.18. The van der Waals surface area contributed by atoms with Crippen LogP contribution in [0.2, 0.25) is 0 Å². The minimum atomic E-state index is 0.602. The van der Waals surface area contributed by atoms with Gasteiger partial charge in [-0.1, -0.05) is 6.08 Å². The van der Waals surface area contributed by atoms with Gasteiger partial charge in [0.1, 0.15) is 18.2 Å². The van der Waals surface area contributed by atoms with E-state index in [1.54, 1.807) is 6.20 Å². The molecule has 4 heteroatoms. The Bertz CT molecular complexity index is 560. The van der Waals surface area contributed by atoms with E-state index in [2.05, 4.69) is 16.1 Å². The second kappa shape index (κ2) is 6.09. The van der Waals surface area contributed by atoms with Crippen molar-refractivity contribution < 1.29 is 4.74 Å². The molecule has 2 N–H and O–H groups in total. The van der Waals surface area contributed by atoms with Crippen LogP contribution in [0.25, 0.3) is 0 Å². The molecule has 0 aliphatic heterocycles. The maximum absolute atomic E-state index is 5.82. The lowest BCUT2D eigenvalue weighted by molar-refractivity contribution is 0.294. The van der Waals surface area contributed by atoms with Crippen LogP contribution in [0.5, 0.6) is 5.75 Å². The van der Waals surface area contributed by atoms with Gasteiger partial charge in [-0.25, -0.2) is 4.98 Å². The summed E-state index contributed by atoms with van der Waals surface area (Å²) in [5, 5.41) is 0. The summed E-state index contributed by atoms with van der Waals surface area (Å²) in [6.45, 7) is 7.11. The number of hydrogen-bond acceptors (Lipinski definition) is 3. The molecule has 4 nitrogen and oxygen atoms in total. The van der Waals surface area contributed by atoms with Crippen molar-refractivity contribution in [2.24, 2.45) is 0 Å². The summed E-state index contributed by atoms with van der Waals surface area (Å²) >= 11 is 0. The Morgan fingerprint density at radius 3 is 3.00 bits per heavy atom. The fourth-order valence-electron chi connectivity index (χ4n) is 1.95. The predicted molar refractivity (Wildman–Crippen MR) is 77.2 cm³/mol. The van der Waals surface area contributed by atoms with Crippen LogP contribution in [0.3, 0.4) is 0 Å². The fourth-order valence-corrected chi connectivity index (χ4v) is 1.95. The molecule has 0 atom stereocenters. The first kappa shape index (κ1) is 13.2. The summed E-state index contributed by atoms with van der Waals surface area (Å²) in [6, 6.07) is 5.69. The summed E-state index contributed by atoms with van der Waals surface area (Å²) in [5.74, 6) is 1.86. The molecule has 0 saturated heterocycles. The first-order valence-corrected chi connectivity index (χ1v) is 6.30. The summed E-state index contributed by atoms with van der Waals surface area (Å²) in [6.07, 6.45) is 6.35. The molecule has 0 fully saturated rings. The van der Waals surface area contributed by atoms with Gasteiger partial charge in [-0.15, -0.1) is 6.58 Å². The van der Waals surface area contributed by atoms with Gasteiger partial charge in [0.25, 0.3) is 0 Å². The number of anilines is 1. The zero-order valence-electron chi connectivity index (χ0n) is 11.2. The van der Waals surface area contributed by atoms with Crippen molar-refractivity contribution in [1.82, 2.24) is 9.55 Å². The maximum Gasteiger partial charge on any atom is 0.123 e. The first-order valence-electron chi connectivity index (χ1n) is 6.30. The molecule has 0 amide bonds. The smallest absolute Gasteiger partial charge is 0.123 e. The highest BCUT2D eigenvalue weighted by Gasteiger charge is 2.04. The molecule has 19 heavy (non-hydrogen) atoms. The Hall–Kier alpha value is -2.23. The molecule has 2 aromatic rings. The Kier molecular flexibility index (Phi) is 4.23. The third-order valence-electron chi connectivity index (χ3n) is 2.96. The van der Waals surface area contributed by atoms with Crippen LogP contribution in [0.15, 0.2) is 43.2 Å². The second-order valence-corrected chi connectivity index (χ2v) is 4.38. The highest BCUT2D eigenvalue weighted by atomic mass is 16.5. The Morgan fingerprint density at radius 1 is 1.47 bits per heavy atom. The van der Waals surface area contributed by atoms with Crippen molar-refractivity contribution in [3.05, 3.63) is 54.6 Å². The van der Waals surface area contributed by atoms with Crippen LogP contribution in [0.1, 0.15) is 11.4 Å². The van der Waals surface area contributed by atoms with E-state index in [0.717, 1.165) is 35.8 Å². The number of allylic oxidation sites excluding steroid dienone is 1. The number of rotatable bonds is 6. The Labute approximate surface area is 113 Å². The van der Waals surface area contributed by atoms with Gasteiger partial charge < -0.3 is 15.0 Å². The van der Waals surface area contributed by atoms with E-state index in [0.29, 0.717) is 6.61 Å². The molecule has 0 unspecified atom stereocenters. The number of nitrogen functional groups attached to an aromatic ring is 1. The Balaban J connectivity index is 1.99. The monoisotopic (exact) mass is 257 g/mol. The van der Waals surface area contributed by atoms with Gasteiger partial charge in [0.15, 0.2) is 0 Å². The van der Waals surface area contributed by atoms with Crippen molar-refractivity contribution in [2.75, 3.05) is 12.3 Å². The van der Waals surface area contributed by atoms with E-state index >= 15 is 0 Å². The number of aryl methyl sites for hydroxylation is 1. The van der Waals surface area contributed by atoms with Crippen LogP contribution >= 0.6 is 0 Å². The molecular formula is C15H19N3O. The highest BCUT2D eigenvalue weighted by Crippen LogP contribution is 2.22. The molecule has 0 bridgehead atoms. The fraction of sp³-hybridized carbons (Fsp3) is 0.267. The van der Waals surface area contributed by atoms with E-state index in [9.17, 15) is 0 Å². The van der Waals surface area contributed by atoms with E-state index in [1.807, 2.05) is 37.4 Å². The van der Waals surface area contributed by atoms with Crippen LogP contribution in [0.4, 0.5) is 5.69 Å². The van der Waals surface area contributed by atoms with E-state index in [1.165, 1.54) is 0 Å². The largest absolute Gasteiger partial charge is 0.491 e. The van der Waals surface area contributed by atoms with Crippen LogP contribution in [-0.4, -0.2) is 16.2 Å². The standard InChI is InChI=1S/C15H19N3O/c1-3-4-13-11-14(16)5-6-15(13)19-10-9-18-8-7-17-12(18)2/h3,5-8,11H,1,4,9-10,16H2,2H3. The van der Waals surface area contributed by atoms with Gasteiger partial charge in [0, 0.05) is 18.1 Å². The average Bonchev–Trinajstić information content (AvgIpc) is 2.78. The molecular weight excluding hydrogens is 238 g/mol. The number of nitrogens with zero attached hydrogens (tertiary/aromatic N) is 2. The lowest BCUT2D eigenvalue weighted by Gasteiger charge is -2.12. The highest BCUT2D eigenvalue weighted by molar-refractivity contribution is 5.48. The van der Waals surface area contributed by atoms with Crippen LogP contribution < -0.4 is 10.5 Å². The van der Waals surface area contributed by atoms with Gasteiger partial charge in [-0.3, -0.25) is 0 Å². The van der Waals surface area contributed by atoms with Crippen LogP contribution in [-0.2, 0) is 13.0 Å². The summed E-state index contributed by atoms with van der Waals surface area (Å²) in [5.41, 5.74) is 7.59. The molecule has 1 aromatic heterocycles. The molecule has 0 saturated carbocycles. The number of hydrogen-bond donors (Lipinski definition) is 1. The minimum Gasteiger partial charge on any atom is -0.491 e. The molecule has 0 aliphatic carbocycles. The maximum atomic E-state index is 5.82. The van der Waals surface area contributed by atoms with Gasteiger partial charge in [-0.2, -0.15) is 0 Å². The number of imidazole rings is 1. The van der Waals surface area contributed by atoms with Gasteiger partial charge in [-0.05, 0) is 37.1 Å². The molecule has 100 valence electrons. The van der Waals surface area contributed by atoms with Gasteiger partial charge in [0.2, 0.25) is 0 Å². The SMILES string of the molecule is C=CCc1cc(N)ccc1OCCn1ccnc1C. The van der Waals surface area contributed by atoms with Crippen LogP contribution in [0, 0.1) is 6.92 Å². The first-order chi connectivity index (χ1) is 9.20. The molecule has 0 radical (unpaired) electrons. The quantitative estimate of drug-likeness (QED) is 0.639. The molecule has 0 aliphatic rings. The average molecular weight is 257 g/mol. The number of aromatic nitrogens is 2. The number of ether oxygens (including phenoxy) is 1. The van der Waals surface area contributed by atoms with Crippen molar-refractivity contribution in [3.63, 3.8) is 0 Å². The van der Waals surface area contributed by atoms with Crippen molar-refractivity contribution >= 4 is 5.69 Å². The van der Waals surface area contributed by atoms with Gasteiger partial charge >= 0.3 is 0 Å². The van der Waals surface area contributed by atoms with Crippen molar-refractivity contribution in [2.45, 2.75) is 19.9 Å². The van der Waals surface area contributed by atoms with E-state index in [-0.39, 0.29) is 0 Å². The molecule has 0 spiro atoms. The Morgan fingerprint density at radius 2 is 2.32 bits per heavy atom.